The van der Waals surface area contributed by atoms with E-state index in [1.807, 2.05) is 6.92 Å². The van der Waals surface area contributed by atoms with Gasteiger partial charge in [0.25, 0.3) is 11.8 Å². The lowest BCUT2D eigenvalue weighted by molar-refractivity contribution is -0.342. The summed E-state index contributed by atoms with van der Waals surface area (Å²) in [5.74, 6) is -4.57. The number of cyclic esters (lactones) is 1. The van der Waals surface area contributed by atoms with Gasteiger partial charge < -0.3 is 54.1 Å². The van der Waals surface area contributed by atoms with Crippen molar-refractivity contribution < 1.29 is 68.4 Å². The molecular weight excluding hydrogens is 805 g/mol. The van der Waals surface area contributed by atoms with E-state index in [9.17, 15) is 44.7 Å². The Hall–Kier alpha value is -3.42. The smallest absolute Gasteiger partial charge is 0.308 e. The van der Waals surface area contributed by atoms with Gasteiger partial charge in [-0.05, 0) is 85.2 Å². The second kappa shape index (κ2) is 21.0. The second-order valence-electron chi connectivity index (χ2n) is 18.2. The van der Waals surface area contributed by atoms with Crippen LogP contribution in [0.4, 0.5) is 0 Å². The van der Waals surface area contributed by atoms with Crippen LogP contribution in [-0.4, -0.2) is 159 Å². The SMILES string of the molecule is CC[C@H]1OC(=O)C[C@@H](O)[C@H](C)[C@@H](O[C@@H]2O[C@H](C)[C@@H](O[C@H]3C[C@@](C)(O)[C@@H](O)[C@H](C)O3)[C@H](N(C)C)[C@H]2O)[C@@H](CCN2C(=O)c3ccccc3C2=O)C[C@@H](C)C(=O)/C=C/C(C)=C/[C@@H]1CO. The molecule has 2 fully saturated rings. The number of aliphatic hydroxyl groups excluding tert-OH is 4. The third-order valence-electron chi connectivity index (χ3n) is 13.1. The minimum Gasteiger partial charge on any atom is -0.462 e. The molecule has 0 spiro atoms. The van der Waals surface area contributed by atoms with E-state index >= 15 is 0 Å². The molecule has 0 aliphatic carbocycles. The lowest BCUT2D eigenvalue weighted by Crippen LogP contribution is -2.65. The van der Waals surface area contributed by atoms with Gasteiger partial charge in [0.1, 0.15) is 24.4 Å². The van der Waals surface area contributed by atoms with E-state index in [-0.39, 0.29) is 49.3 Å². The van der Waals surface area contributed by atoms with Crippen molar-refractivity contribution in [3.05, 3.63) is 59.2 Å². The molecule has 62 heavy (non-hydrogen) atoms. The molecule has 0 saturated carbocycles. The third kappa shape index (κ3) is 11.3. The van der Waals surface area contributed by atoms with E-state index in [2.05, 4.69) is 0 Å². The molecule has 16 heteroatoms. The van der Waals surface area contributed by atoms with Gasteiger partial charge in [0.05, 0.1) is 60.2 Å². The van der Waals surface area contributed by atoms with Crippen LogP contribution in [0.25, 0.3) is 0 Å². The first-order chi connectivity index (χ1) is 29.2. The molecule has 16 atom stereocenters. The molecule has 1 aromatic carbocycles. The van der Waals surface area contributed by atoms with E-state index in [0.29, 0.717) is 12.0 Å². The van der Waals surface area contributed by atoms with E-state index < -0.39 is 121 Å². The molecule has 2 amide bonds. The quantitative estimate of drug-likeness (QED) is 0.169. The molecule has 0 bridgehead atoms. The molecule has 346 valence electrons. The zero-order chi connectivity index (χ0) is 45.8. The molecule has 0 unspecified atom stereocenters. The molecule has 0 aromatic heterocycles. The fourth-order valence-electron chi connectivity index (χ4n) is 9.34. The summed E-state index contributed by atoms with van der Waals surface area (Å²) in [5, 5.41) is 55.6. The number of ether oxygens (including phenoxy) is 5. The van der Waals surface area contributed by atoms with E-state index in [1.54, 1.807) is 90.0 Å². The number of carbonyl (C=O) groups is 4. The van der Waals surface area contributed by atoms with Crippen LogP contribution in [0.15, 0.2) is 48.1 Å². The summed E-state index contributed by atoms with van der Waals surface area (Å²) in [6.07, 6.45) is -5.28. The van der Waals surface area contributed by atoms with Crippen LogP contribution in [0.1, 0.15) is 101 Å². The number of hydrogen-bond donors (Lipinski definition) is 5. The van der Waals surface area contributed by atoms with Crippen molar-refractivity contribution >= 4 is 23.6 Å². The number of amides is 2. The van der Waals surface area contributed by atoms with Crippen molar-refractivity contribution in [1.82, 2.24) is 9.80 Å². The number of hydrogen-bond acceptors (Lipinski definition) is 15. The molecule has 2 saturated heterocycles. The highest BCUT2D eigenvalue weighted by Crippen LogP contribution is 2.38. The Labute approximate surface area is 364 Å². The Morgan fingerprint density at radius 3 is 2.15 bits per heavy atom. The molecule has 5 rings (SSSR count). The van der Waals surface area contributed by atoms with Gasteiger partial charge in [-0.25, -0.2) is 0 Å². The number of benzene rings is 1. The lowest BCUT2D eigenvalue weighted by Gasteiger charge is -2.50. The largest absolute Gasteiger partial charge is 0.462 e. The summed E-state index contributed by atoms with van der Waals surface area (Å²) in [4.78, 5) is 57.3. The average Bonchev–Trinajstić information content (AvgIpc) is 3.46. The van der Waals surface area contributed by atoms with Crippen molar-refractivity contribution in [3.63, 3.8) is 0 Å². The van der Waals surface area contributed by atoms with Crippen molar-refractivity contribution in [2.75, 3.05) is 27.2 Å². The van der Waals surface area contributed by atoms with Crippen LogP contribution in [0, 0.1) is 23.7 Å². The van der Waals surface area contributed by atoms with Gasteiger partial charge in [0.15, 0.2) is 18.4 Å². The van der Waals surface area contributed by atoms with Gasteiger partial charge in [-0.3, -0.25) is 24.1 Å². The number of fused-ring (bicyclic) bond motifs is 1. The maximum Gasteiger partial charge on any atom is 0.308 e. The van der Waals surface area contributed by atoms with Crippen molar-refractivity contribution in [1.29, 1.82) is 0 Å². The third-order valence-corrected chi connectivity index (χ3v) is 13.1. The number of imide groups is 1. The van der Waals surface area contributed by atoms with Crippen LogP contribution >= 0.6 is 0 Å². The minimum absolute atomic E-state index is 0.0474. The normalized spacial score (nSPS) is 40.5. The standard InChI is InChI=1S/C46H68N2O14/c1-10-35-30(23-49)19-24(2)15-16-33(50)25(3)20-29(17-18-48-43(55)31-13-11-12-14-32(31)44(48)56)40(26(4)34(51)21-36(52)60-35)62-45-39(53)38(47(8)9)41(27(5)59-45)61-37-22-46(7,57)42(54)28(6)58-37/h11-16,19,25-30,34-35,37-42,45,49,51,53-54,57H,10,17-18,20-23H2,1-9H3/b16-15+,24-19+/t25-,26+,27-,28+,29+,30-,34-,35-,37+,38-,39-,40-,41-,42+,45+,46-/m1/s1. The van der Waals surface area contributed by atoms with Gasteiger partial charge in [-0.1, -0.05) is 50.6 Å². The number of esters is 1. The van der Waals surface area contributed by atoms with Crippen molar-refractivity contribution in [3.8, 4) is 0 Å². The first-order valence-electron chi connectivity index (χ1n) is 21.9. The summed E-state index contributed by atoms with van der Waals surface area (Å²) >= 11 is 0. The molecule has 1 aromatic rings. The summed E-state index contributed by atoms with van der Waals surface area (Å²) in [6.45, 7) is 11.5. The molecule has 5 N–H and O–H groups in total. The zero-order valence-electron chi connectivity index (χ0n) is 37.5. The number of ketones is 1. The highest BCUT2D eigenvalue weighted by Gasteiger charge is 2.51. The summed E-state index contributed by atoms with van der Waals surface area (Å²) < 4.78 is 31.3. The van der Waals surface area contributed by atoms with Gasteiger partial charge >= 0.3 is 5.97 Å². The zero-order valence-corrected chi connectivity index (χ0v) is 37.5. The topological polar surface area (TPSA) is 222 Å². The predicted octanol–water partition coefficient (Wildman–Crippen LogP) is 2.77. The number of nitrogens with zero attached hydrogens (tertiary/aromatic N) is 2. The van der Waals surface area contributed by atoms with E-state index in [1.165, 1.54) is 13.0 Å². The van der Waals surface area contributed by atoms with E-state index in [0.717, 1.165) is 4.90 Å². The monoisotopic (exact) mass is 872 g/mol. The van der Waals surface area contributed by atoms with Crippen LogP contribution in [0.2, 0.25) is 0 Å². The molecule has 0 radical (unpaired) electrons. The van der Waals surface area contributed by atoms with Gasteiger partial charge in [0, 0.05) is 30.7 Å². The molecule has 4 aliphatic rings. The summed E-state index contributed by atoms with van der Waals surface area (Å²) in [6, 6.07) is 5.77. The van der Waals surface area contributed by atoms with Gasteiger partial charge in [-0.2, -0.15) is 0 Å². The van der Waals surface area contributed by atoms with Crippen molar-refractivity contribution in [2.24, 2.45) is 23.7 Å². The van der Waals surface area contributed by atoms with Crippen molar-refractivity contribution in [2.45, 2.75) is 154 Å². The predicted molar refractivity (Wildman–Crippen MR) is 225 cm³/mol. The first-order valence-corrected chi connectivity index (χ1v) is 21.9. The Morgan fingerprint density at radius 1 is 0.919 bits per heavy atom. The lowest BCUT2D eigenvalue weighted by atomic mass is 9.79. The number of likely N-dealkylation sites (N-methyl/N-ethyl adjacent to an activating group) is 1. The maximum absolute atomic E-state index is 13.8. The fraction of sp³-hybridized carbons (Fsp3) is 0.696. The number of carbonyl (C=O) groups excluding carboxylic acids is 4. The summed E-state index contributed by atoms with van der Waals surface area (Å²) in [7, 11) is 3.50. The fourth-order valence-corrected chi connectivity index (χ4v) is 9.34. The Balaban J connectivity index is 1.50. The Bertz CT molecular complexity index is 1760. The van der Waals surface area contributed by atoms with Gasteiger partial charge in [-0.15, -0.1) is 0 Å². The molecule has 4 heterocycles. The van der Waals surface area contributed by atoms with Crippen LogP contribution in [0.5, 0.6) is 0 Å². The highest BCUT2D eigenvalue weighted by atomic mass is 16.7. The number of allylic oxidation sites excluding steroid dienone is 3. The van der Waals surface area contributed by atoms with Crippen LogP contribution in [-0.2, 0) is 33.3 Å². The average molecular weight is 873 g/mol. The highest BCUT2D eigenvalue weighted by molar-refractivity contribution is 6.21. The van der Waals surface area contributed by atoms with E-state index in [4.69, 9.17) is 23.7 Å². The number of rotatable bonds is 10. The molecule has 4 aliphatic heterocycles. The molecular formula is C46H68N2O14. The Morgan fingerprint density at radius 2 is 1.56 bits per heavy atom. The van der Waals surface area contributed by atoms with Crippen LogP contribution in [0.3, 0.4) is 0 Å². The first kappa shape index (κ1) is 49.6. The second-order valence-corrected chi connectivity index (χ2v) is 18.2. The maximum atomic E-state index is 13.8. The van der Waals surface area contributed by atoms with Gasteiger partial charge in [0.2, 0.25) is 0 Å². The molecule has 16 nitrogen and oxygen atoms in total. The Kier molecular flexibility index (Phi) is 16.8. The number of aliphatic hydroxyl groups is 5. The van der Waals surface area contributed by atoms with Crippen LogP contribution < -0.4 is 0 Å². The summed E-state index contributed by atoms with van der Waals surface area (Å²) in [5.41, 5.74) is -0.269. The minimum atomic E-state index is -1.50.